The molecule has 5 N–H and O–H groups in total. The number of nitrogen functional groups attached to an aromatic ring is 1. The van der Waals surface area contributed by atoms with E-state index in [-0.39, 0.29) is 18.4 Å². The smallest absolute Gasteiger partial charge is 0.396 e. The van der Waals surface area contributed by atoms with Crippen LogP contribution in [-0.4, -0.2) is 31.9 Å². The molecule has 1 aliphatic rings. The molecule has 1 aliphatic carbocycles. The van der Waals surface area contributed by atoms with Gasteiger partial charge in [-0.1, -0.05) is 12.1 Å². The number of halogens is 4. The van der Waals surface area contributed by atoms with Crippen molar-refractivity contribution in [2.24, 2.45) is 0 Å². The van der Waals surface area contributed by atoms with Crippen LogP contribution in [0, 0.1) is 5.82 Å². The molecule has 0 saturated heterocycles. The number of nitrogens with zero attached hydrogens (tertiary/aromatic N) is 3. The number of hydrogen-bond donors (Lipinski definition) is 4. The van der Waals surface area contributed by atoms with Gasteiger partial charge in [-0.05, 0) is 37.0 Å². The monoisotopic (exact) mass is 424 g/mol. The fraction of sp³-hybridized carbons (Fsp3) is 0.316. The zero-order chi connectivity index (χ0) is 21.7. The van der Waals surface area contributed by atoms with Crippen LogP contribution < -0.4 is 11.1 Å². The third kappa shape index (κ3) is 5.89. The van der Waals surface area contributed by atoms with Gasteiger partial charge in [0.1, 0.15) is 17.2 Å². The highest BCUT2D eigenvalue weighted by molar-refractivity contribution is 5.52. The molecule has 0 aliphatic heterocycles. The molecular weight excluding hydrogens is 404 g/mol. The van der Waals surface area contributed by atoms with E-state index < -0.39 is 17.6 Å². The normalized spacial score (nSPS) is 13.5. The summed E-state index contributed by atoms with van der Waals surface area (Å²) in [5.41, 5.74) is 6.19. The van der Waals surface area contributed by atoms with Crippen LogP contribution in [0.4, 0.5) is 35.1 Å². The Balaban J connectivity index is 0.000000216. The Morgan fingerprint density at radius 2 is 1.90 bits per heavy atom. The van der Waals surface area contributed by atoms with Gasteiger partial charge in [0.15, 0.2) is 5.82 Å². The van der Waals surface area contributed by atoms with Crippen molar-refractivity contribution in [1.29, 1.82) is 0 Å². The third-order valence-electron chi connectivity index (χ3n) is 4.29. The lowest BCUT2D eigenvalue weighted by Crippen LogP contribution is -2.12. The molecule has 7 nitrogen and oxygen atoms in total. The van der Waals surface area contributed by atoms with Crippen LogP contribution in [0.3, 0.4) is 0 Å². The molecule has 0 amide bonds. The molecule has 0 atom stereocenters. The van der Waals surface area contributed by atoms with Crippen LogP contribution in [-0.2, 0) is 12.6 Å². The maximum absolute atomic E-state index is 12.5. The average Bonchev–Trinajstić information content (AvgIpc) is 3.43. The lowest BCUT2D eigenvalue weighted by molar-refractivity contribution is -0.137. The molecule has 3 aromatic rings. The van der Waals surface area contributed by atoms with Gasteiger partial charge < -0.3 is 16.2 Å². The molecule has 1 saturated carbocycles. The van der Waals surface area contributed by atoms with E-state index >= 15 is 0 Å². The van der Waals surface area contributed by atoms with E-state index in [0.717, 1.165) is 24.1 Å². The molecule has 30 heavy (non-hydrogen) atoms. The maximum atomic E-state index is 12.5. The molecule has 4 rings (SSSR count). The van der Waals surface area contributed by atoms with E-state index in [9.17, 15) is 17.6 Å². The number of H-pyrrole nitrogens is 1. The van der Waals surface area contributed by atoms with Crippen LogP contribution in [0.25, 0.3) is 0 Å². The molecular formula is C19H20F4N6O. The SMILES string of the molecule is Nc1nc(Nc2cc(C3CC3)[nH]n2)ncc1C(F)(F)F.OCCc1ccc(F)cc1. The number of aliphatic hydroxyl groups excluding tert-OH is 1. The lowest BCUT2D eigenvalue weighted by atomic mass is 10.2. The van der Waals surface area contributed by atoms with Crippen molar-refractivity contribution < 1.29 is 22.7 Å². The molecule has 2 heterocycles. The van der Waals surface area contributed by atoms with Crippen molar-refractivity contribution in [1.82, 2.24) is 20.2 Å². The van der Waals surface area contributed by atoms with Gasteiger partial charge in [0, 0.05) is 30.5 Å². The zero-order valence-corrected chi connectivity index (χ0v) is 15.7. The Bertz CT molecular complexity index is 970. The molecule has 2 aromatic heterocycles. The van der Waals surface area contributed by atoms with Gasteiger partial charge in [0.05, 0.1) is 0 Å². The van der Waals surface area contributed by atoms with Crippen molar-refractivity contribution >= 4 is 17.6 Å². The minimum absolute atomic E-state index is 0.0238. The van der Waals surface area contributed by atoms with Gasteiger partial charge in [0.25, 0.3) is 0 Å². The second-order valence-corrected chi connectivity index (χ2v) is 6.70. The lowest BCUT2D eigenvalue weighted by Gasteiger charge is -2.09. The van der Waals surface area contributed by atoms with E-state index in [1.165, 1.54) is 12.1 Å². The number of aromatic amines is 1. The Labute approximate surface area is 169 Å². The summed E-state index contributed by atoms with van der Waals surface area (Å²) < 4.78 is 49.8. The second kappa shape index (κ2) is 9.08. The maximum Gasteiger partial charge on any atom is 0.421 e. The number of nitrogens with one attached hydrogen (secondary N) is 2. The van der Waals surface area contributed by atoms with Gasteiger partial charge in [-0.2, -0.15) is 23.3 Å². The fourth-order valence-electron chi connectivity index (χ4n) is 2.57. The summed E-state index contributed by atoms with van der Waals surface area (Å²) in [5, 5.41) is 18.1. The number of nitrogens with two attached hydrogens (primary N) is 1. The summed E-state index contributed by atoms with van der Waals surface area (Å²) in [6.07, 6.45) is -1.08. The van der Waals surface area contributed by atoms with Gasteiger partial charge in [-0.15, -0.1) is 0 Å². The topological polar surface area (TPSA) is 113 Å². The number of alkyl halides is 3. The van der Waals surface area contributed by atoms with Crippen LogP contribution in [0.5, 0.6) is 0 Å². The van der Waals surface area contributed by atoms with Crippen LogP contribution in [0.1, 0.15) is 35.6 Å². The molecule has 11 heteroatoms. The van der Waals surface area contributed by atoms with Crippen molar-refractivity contribution in [2.45, 2.75) is 31.4 Å². The van der Waals surface area contributed by atoms with Crippen molar-refractivity contribution in [3.05, 3.63) is 59.2 Å². The van der Waals surface area contributed by atoms with Crippen molar-refractivity contribution in [3.63, 3.8) is 0 Å². The minimum atomic E-state index is -4.56. The van der Waals surface area contributed by atoms with Crippen LogP contribution in [0.15, 0.2) is 36.5 Å². The quantitative estimate of drug-likeness (QED) is 0.464. The van der Waals surface area contributed by atoms with E-state index in [4.69, 9.17) is 10.8 Å². The van der Waals surface area contributed by atoms with Gasteiger partial charge in [-0.25, -0.2) is 9.37 Å². The largest absolute Gasteiger partial charge is 0.421 e. The summed E-state index contributed by atoms with van der Waals surface area (Å²) in [4.78, 5) is 7.18. The highest BCUT2D eigenvalue weighted by atomic mass is 19.4. The summed E-state index contributed by atoms with van der Waals surface area (Å²) in [5.74, 6) is 0.0710. The number of aliphatic hydroxyl groups is 1. The highest BCUT2D eigenvalue weighted by Gasteiger charge is 2.34. The predicted octanol–water partition coefficient (Wildman–Crippen LogP) is 3.78. The molecule has 0 spiro atoms. The molecule has 1 aromatic carbocycles. The number of rotatable bonds is 5. The Morgan fingerprint density at radius 3 is 2.47 bits per heavy atom. The highest BCUT2D eigenvalue weighted by Crippen LogP contribution is 2.39. The summed E-state index contributed by atoms with van der Waals surface area (Å²) in [7, 11) is 0. The zero-order valence-electron chi connectivity index (χ0n) is 15.7. The molecule has 0 bridgehead atoms. The first kappa shape index (κ1) is 21.5. The molecule has 1 fully saturated rings. The Morgan fingerprint density at radius 1 is 1.20 bits per heavy atom. The van der Waals surface area contributed by atoms with E-state index in [1.807, 2.05) is 0 Å². The van der Waals surface area contributed by atoms with Crippen LogP contribution >= 0.6 is 0 Å². The number of aromatic nitrogens is 4. The minimum Gasteiger partial charge on any atom is -0.396 e. The van der Waals surface area contributed by atoms with Gasteiger partial charge >= 0.3 is 6.18 Å². The van der Waals surface area contributed by atoms with Crippen molar-refractivity contribution in [2.75, 3.05) is 17.7 Å². The first-order chi connectivity index (χ1) is 14.3. The first-order valence-corrected chi connectivity index (χ1v) is 9.13. The standard InChI is InChI=1S/C11H11F3N6.C8H9FO/c12-11(13,14)6-4-16-10(18-9(6)15)17-8-3-7(19-20-8)5-1-2-5;9-8-3-1-7(2-4-8)5-6-10/h3-5H,1-2H2,(H4,15,16,17,18,19,20);1-4,10H,5-6H2. The summed E-state index contributed by atoms with van der Waals surface area (Å²) >= 11 is 0. The molecule has 0 radical (unpaired) electrons. The summed E-state index contributed by atoms with van der Waals surface area (Å²) in [6.45, 7) is 0.117. The molecule has 0 unspecified atom stereocenters. The number of benzene rings is 1. The predicted molar refractivity (Wildman–Crippen MR) is 102 cm³/mol. The van der Waals surface area contributed by atoms with E-state index in [1.54, 1.807) is 18.2 Å². The fourth-order valence-corrected chi connectivity index (χ4v) is 2.57. The van der Waals surface area contributed by atoms with Crippen LogP contribution in [0.2, 0.25) is 0 Å². The Kier molecular flexibility index (Phi) is 6.50. The van der Waals surface area contributed by atoms with Gasteiger partial charge in [-0.3, -0.25) is 5.10 Å². The van der Waals surface area contributed by atoms with E-state index in [0.29, 0.717) is 24.4 Å². The summed E-state index contributed by atoms with van der Waals surface area (Å²) in [6, 6.07) is 7.92. The average molecular weight is 424 g/mol. The third-order valence-corrected chi connectivity index (χ3v) is 4.29. The van der Waals surface area contributed by atoms with Gasteiger partial charge in [0.2, 0.25) is 5.95 Å². The van der Waals surface area contributed by atoms with Crippen molar-refractivity contribution in [3.8, 4) is 0 Å². The number of hydrogen-bond acceptors (Lipinski definition) is 6. The number of anilines is 3. The molecule has 160 valence electrons. The van der Waals surface area contributed by atoms with E-state index in [2.05, 4.69) is 25.5 Å². The Hall–Kier alpha value is -3.21. The second-order valence-electron chi connectivity index (χ2n) is 6.70. The first-order valence-electron chi connectivity index (χ1n) is 9.13.